The molecule has 3 rings (SSSR count). The molecule has 1 aliphatic carbocycles. The topological polar surface area (TPSA) is 38.5 Å². The Morgan fingerprint density at radius 1 is 1.45 bits per heavy atom. The summed E-state index contributed by atoms with van der Waals surface area (Å²) in [6.45, 7) is 4.20. The summed E-state index contributed by atoms with van der Waals surface area (Å²) >= 11 is 0. The number of hydrogen-bond acceptors (Lipinski definition) is 3. The van der Waals surface area contributed by atoms with Crippen molar-refractivity contribution in [3.8, 4) is 0 Å². The Morgan fingerprint density at radius 2 is 2.30 bits per heavy atom. The maximum atomic E-state index is 13.6. The Balaban J connectivity index is 1.90. The fourth-order valence-corrected chi connectivity index (χ4v) is 3.75. The van der Waals surface area contributed by atoms with Gasteiger partial charge < -0.3 is 10.5 Å². The molecule has 3 unspecified atom stereocenters. The molecule has 1 aliphatic heterocycles. The van der Waals surface area contributed by atoms with Crippen molar-refractivity contribution in [3.63, 3.8) is 0 Å². The highest BCUT2D eigenvalue weighted by molar-refractivity contribution is 5.30. The van der Waals surface area contributed by atoms with Gasteiger partial charge >= 0.3 is 0 Å². The van der Waals surface area contributed by atoms with Gasteiger partial charge in [0.05, 0.1) is 12.7 Å². The van der Waals surface area contributed by atoms with Gasteiger partial charge in [-0.3, -0.25) is 4.90 Å². The molecular formula is C16H23FN2O. The molecule has 2 aliphatic rings. The number of ether oxygens (including phenoxy) is 1. The summed E-state index contributed by atoms with van der Waals surface area (Å²) < 4.78 is 19.5. The minimum Gasteiger partial charge on any atom is -0.375 e. The Bertz CT molecular complexity index is 480. The Morgan fingerprint density at radius 3 is 3.10 bits per heavy atom. The monoisotopic (exact) mass is 278 g/mol. The molecule has 2 N–H and O–H groups in total. The molecule has 3 atom stereocenters. The van der Waals surface area contributed by atoms with E-state index in [1.807, 2.05) is 13.0 Å². The van der Waals surface area contributed by atoms with E-state index in [-0.39, 0.29) is 11.9 Å². The van der Waals surface area contributed by atoms with E-state index in [0.717, 1.165) is 37.1 Å². The molecular weight excluding hydrogens is 255 g/mol. The molecule has 110 valence electrons. The third kappa shape index (κ3) is 2.48. The summed E-state index contributed by atoms with van der Waals surface area (Å²) in [5.41, 5.74) is 8.17. The van der Waals surface area contributed by atoms with Gasteiger partial charge in [0.2, 0.25) is 0 Å². The van der Waals surface area contributed by atoms with Crippen LogP contribution in [-0.4, -0.2) is 36.7 Å². The standard InChI is InChI=1S/C16H23FN2O/c1-11-5-6-12(17)9-13(11)15(10-18)19-7-8-20-16-4-2-3-14(16)19/h5-6,9,14-16H,2-4,7-8,10,18H2,1H3. The van der Waals surface area contributed by atoms with Gasteiger partial charge in [-0.2, -0.15) is 0 Å². The van der Waals surface area contributed by atoms with E-state index in [1.54, 1.807) is 6.07 Å². The van der Waals surface area contributed by atoms with E-state index in [9.17, 15) is 4.39 Å². The summed E-state index contributed by atoms with van der Waals surface area (Å²) in [6, 6.07) is 5.55. The van der Waals surface area contributed by atoms with Crippen LogP contribution in [0.3, 0.4) is 0 Å². The van der Waals surface area contributed by atoms with Crippen molar-refractivity contribution in [2.24, 2.45) is 5.73 Å². The van der Waals surface area contributed by atoms with Gasteiger partial charge in [-0.25, -0.2) is 4.39 Å². The SMILES string of the molecule is Cc1ccc(F)cc1C(CN)N1CCOC2CCCC21. The van der Waals surface area contributed by atoms with Gasteiger partial charge in [-0.1, -0.05) is 6.07 Å². The lowest BCUT2D eigenvalue weighted by Gasteiger charge is -2.42. The lowest BCUT2D eigenvalue weighted by molar-refractivity contribution is -0.0712. The van der Waals surface area contributed by atoms with Crippen molar-refractivity contribution < 1.29 is 9.13 Å². The third-order valence-corrected chi connectivity index (χ3v) is 4.75. The first-order valence-electron chi connectivity index (χ1n) is 7.54. The van der Waals surface area contributed by atoms with Crippen LogP contribution in [0.4, 0.5) is 4.39 Å². The first-order valence-corrected chi connectivity index (χ1v) is 7.54. The number of hydrogen-bond donors (Lipinski definition) is 1. The zero-order valence-corrected chi connectivity index (χ0v) is 12.0. The van der Waals surface area contributed by atoms with Gasteiger partial charge in [-0.05, 0) is 49.4 Å². The van der Waals surface area contributed by atoms with Crippen LogP contribution in [0.1, 0.15) is 36.4 Å². The lowest BCUT2D eigenvalue weighted by atomic mass is 9.97. The molecule has 0 bridgehead atoms. The molecule has 1 saturated heterocycles. The van der Waals surface area contributed by atoms with Crippen LogP contribution in [-0.2, 0) is 4.74 Å². The van der Waals surface area contributed by atoms with E-state index < -0.39 is 0 Å². The molecule has 4 heteroatoms. The molecule has 0 amide bonds. The van der Waals surface area contributed by atoms with Crippen LogP contribution in [0.5, 0.6) is 0 Å². The van der Waals surface area contributed by atoms with Crippen LogP contribution in [0, 0.1) is 12.7 Å². The maximum absolute atomic E-state index is 13.6. The van der Waals surface area contributed by atoms with Gasteiger partial charge in [0, 0.05) is 25.2 Å². The molecule has 3 nitrogen and oxygen atoms in total. The van der Waals surface area contributed by atoms with Crippen molar-refractivity contribution >= 4 is 0 Å². The molecule has 1 heterocycles. The van der Waals surface area contributed by atoms with Gasteiger partial charge in [0.15, 0.2) is 0 Å². The van der Waals surface area contributed by atoms with Crippen molar-refractivity contribution in [2.75, 3.05) is 19.7 Å². The number of aryl methyl sites for hydroxylation is 1. The van der Waals surface area contributed by atoms with Crippen LogP contribution in [0.25, 0.3) is 0 Å². The molecule has 20 heavy (non-hydrogen) atoms. The Labute approximate surface area is 119 Å². The van der Waals surface area contributed by atoms with E-state index in [0.29, 0.717) is 18.7 Å². The van der Waals surface area contributed by atoms with Crippen LogP contribution in [0.15, 0.2) is 18.2 Å². The average Bonchev–Trinajstić information content (AvgIpc) is 2.92. The van der Waals surface area contributed by atoms with Crippen LogP contribution < -0.4 is 5.73 Å². The van der Waals surface area contributed by atoms with Gasteiger partial charge in [0.25, 0.3) is 0 Å². The van der Waals surface area contributed by atoms with Crippen molar-refractivity contribution in [2.45, 2.75) is 44.4 Å². The number of nitrogens with zero attached hydrogens (tertiary/aromatic N) is 1. The van der Waals surface area contributed by atoms with Crippen LogP contribution >= 0.6 is 0 Å². The lowest BCUT2D eigenvalue weighted by Crippen LogP contribution is -2.51. The van der Waals surface area contributed by atoms with E-state index in [4.69, 9.17) is 10.5 Å². The van der Waals surface area contributed by atoms with E-state index in [2.05, 4.69) is 4.90 Å². The molecule has 2 fully saturated rings. The number of nitrogens with two attached hydrogens (primary N) is 1. The minimum absolute atomic E-state index is 0.0974. The zero-order valence-electron chi connectivity index (χ0n) is 12.0. The Kier molecular flexibility index (Phi) is 4.06. The Hall–Kier alpha value is -0.970. The second-order valence-corrected chi connectivity index (χ2v) is 5.90. The maximum Gasteiger partial charge on any atom is 0.123 e. The second-order valence-electron chi connectivity index (χ2n) is 5.90. The average molecular weight is 278 g/mol. The number of halogens is 1. The summed E-state index contributed by atoms with van der Waals surface area (Å²) in [7, 11) is 0. The molecule has 1 aromatic rings. The number of morpholine rings is 1. The van der Waals surface area contributed by atoms with Gasteiger partial charge in [-0.15, -0.1) is 0 Å². The minimum atomic E-state index is -0.180. The number of fused-ring (bicyclic) bond motifs is 1. The van der Waals surface area contributed by atoms with E-state index in [1.165, 1.54) is 12.5 Å². The third-order valence-electron chi connectivity index (χ3n) is 4.75. The highest BCUT2D eigenvalue weighted by Crippen LogP contribution is 2.35. The molecule has 1 aromatic carbocycles. The highest BCUT2D eigenvalue weighted by atomic mass is 19.1. The first kappa shape index (κ1) is 14.0. The normalized spacial score (nSPS) is 28.4. The summed E-state index contributed by atoms with van der Waals surface area (Å²) in [4.78, 5) is 2.45. The quantitative estimate of drug-likeness (QED) is 0.922. The molecule has 0 spiro atoms. The summed E-state index contributed by atoms with van der Waals surface area (Å²) in [5.74, 6) is -0.180. The van der Waals surface area contributed by atoms with Gasteiger partial charge in [0.1, 0.15) is 5.82 Å². The van der Waals surface area contributed by atoms with E-state index >= 15 is 0 Å². The summed E-state index contributed by atoms with van der Waals surface area (Å²) in [5, 5.41) is 0. The largest absolute Gasteiger partial charge is 0.375 e. The van der Waals surface area contributed by atoms with Crippen LogP contribution in [0.2, 0.25) is 0 Å². The molecule has 0 aromatic heterocycles. The first-order chi connectivity index (χ1) is 9.70. The molecule has 0 radical (unpaired) electrons. The number of benzene rings is 1. The van der Waals surface area contributed by atoms with Crippen molar-refractivity contribution in [1.82, 2.24) is 4.90 Å². The highest BCUT2D eigenvalue weighted by Gasteiger charge is 2.39. The smallest absolute Gasteiger partial charge is 0.123 e. The predicted molar refractivity (Wildman–Crippen MR) is 77.0 cm³/mol. The zero-order chi connectivity index (χ0) is 14.1. The number of rotatable bonds is 3. The fourth-order valence-electron chi connectivity index (χ4n) is 3.75. The second kappa shape index (κ2) is 5.80. The summed E-state index contributed by atoms with van der Waals surface area (Å²) in [6.07, 6.45) is 3.85. The van der Waals surface area contributed by atoms with Crippen molar-refractivity contribution in [3.05, 3.63) is 35.1 Å². The van der Waals surface area contributed by atoms with Crippen molar-refractivity contribution in [1.29, 1.82) is 0 Å². The predicted octanol–water partition coefficient (Wildman–Crippen LogP) is 2.39. The molecule has 1 saturated carbocycles. The fraction of sp³-hybridized carbons (Fsp3) is 0.625.